The maximum atomic E-state index is 12.4. The summed E-state index contributed by atoms with van der Waals surface area (Å²) in [6.45, 7) is 3.92. The number of nitro benzene ring substituents is 1. The lowest BCUT2D eigenvalue weighted by atomic mass is 9.81. The number of nitrogens with one attached hydrogen (secondary N) is 2. The number of hydrogen-bond donors (Lipinski definition) is 2. The van der Waals surface area contributed by atoms with Crippen molar-refractivity contribution in [1.82, 2.24) is 10.0 Å². The third-order valence-electron chi connectivity index (χ3n) is 3.91. The van der Waals surface area contributed by atoms with Crippen molar-refractivity contribution in [2.24, 2.45) is 5.41 Å². The van der Waals surface area contributed by atoms with Gasteiger partial charge >= 0.3 is 0 Å². The summed E-state index contributed by atoms with van der Waals surface area (Å²) < 4.78 is 27.3. The third-order valence-corrected chi connectivity index (χ3v) is 5.59. The summed E-state index contributed by atoms with van der Waals surface area (Å²) in [7, 11) is -3.96. The Labute approximate surface area is 146 Å². The number of halogens is 2. The first-order chi connectivity index (χ1) is 10.2. The van der Waals surface area contributed by atoms with E-state index in [1.54, 1.807) is 0 Å². The minimum atomic E-state index is -3.96. The first kappa shape index (κ1) is 20.1. The summed E-state index contributed by atoms with van der Waals surface area (Å²) >= 11 is 5.71. The van der Waals surface area contributed by atoms with Crippen molar-refractivity contribution < 1.29 is 13.3 Å². The van der Waals surface area contributed by atoms with Crippen LogP contribution in [0.3, 0.4) is 0 Å². The van der Waals surface area contributed by atoms with E-state index in [1.807, 2.05) is 6.92 Å². The van der Waals surface area contributed by atoms with Gasteiger partial charge in [-0.15, -0.1) is 12.4 Å². The SMILES string of the molecule is CC1(CNS(=O)(=O)c2ccc(Cl)cc2[N+](=O)[O-])CCNCC1.Cl. The van der Waals surface area contributed by atoms with Gasteiger partial charge in [0.1, 0.15) is 0 Å². The first-order valence-corrected chi connectivity index (χ1v) is 8.74. The number of rotatable bonds is 5. The van der Waals surface area contributed by atoms with Gasteiger partial charge in [-0.1, -0.05) is 18.5 Å². The number of benzene rings is 1. The first-order valence-electron chi connectivity index (χ1n) is 6.88. The summed E-state index contributed by atoms with van der Waals surface area (Å²) in [5.41, 5.74) is -0.671. The van der Waals surface area contributed by atoms with Crippen LogP contribution in [0.25, 0.3) is 0 Å². The van der Waals surface area contributed by atoms with Crippen LogP contribution in [0.5, 0.6) is 0 Å². The Morgan fingerprint density at radius 3 is 2.57 bits per heavy atom. The predicted octanol–water partition coefficient (Wildman–Crippen LogP) is 2.34. The average molecular weight is 384 g/mol. The second-order valence-corrected chi connectivity index (χ2v) is 7.93. The van der Waals surface area contributed by atoms with Gasteiger partial charge < -0.3 is 5.32 Å². The van der Waals surface area contributed by atoms with Gasteiger partial charge in [0.15, 0.2) is 4.90 Å². The molecule has 1 aliphatic heterocycles. The number of nitro groups is 1. The van der Waals surface area contributed by atoms with Crippen LogP contribution in [-0.2, 0) is 10.0 Å². The Bertz CT molecular complexity index is 676. The summed E-state index contributed by atoms with van der Waals surface area (Å²) in [6.07, 6.45) is 1.69. The zero-order chi connectivity index (χ0) is 16.4. The van der Waals surface area contributed by atoms with Gasteiger partial charge in [-0.25, -0.2) is 13.1 Å². The molecule has 0 amide bonds. The van der Waals surface area contributed by atoms with Crippen molar-refractivity contribution in [2.45, 2.75) is 24.7 Å². The van der Waals surface area contributed by atoms with Crippen LogP contribution in [0, 0.1) is 15.5 Å². The molecule has 130 valence electrons. The summed E-state index contributed by atoms with van der Waals surface area (Å²) in [6, 6.07) is 3.53. The van der Waals surface area contributed by atoms with Crippen molar-refractivity contribution in [3.63, 3.8) is 0 Å². The molecule has 0 saturated carbocycles. The molecule has 1 aromatic rings. The summed E-state index contributed by atoms with van der Waals surface area (Å²) in [5, 5.41) is 14.4. The van der Waals surface area contributed by atoms with Gasteiger partial charge in [-0.3, -0.25) is 10.1 Å². The van der Waals surface area contributed by atoms with Crippen LogP contribution < -0.4 is 10.0 Å². The largest absolute Gasteiger partial charge is 0.317 e. The Kier molecular flexibility index (Phi) is 6.79. The molecule has 1 fully saturated rings. The predicted molar refractivity (Wildman–Crippen MR) is 90.8 cm³/mol. The molecule has 1 saturated heterocycles. The highest BCUT2D eigenvalue weighted by Gasteiger charge is 2.31. The molecule has 23 heavy (non-hydrogen) atoms. The molecule has 0 aromatic heterocycles. The molecule has 0 spiro atoms. The Balaban J connectivity index is 0.00000264. The minimum absolute atomic E-state index is 0. The van der Waals surface area contributed by atoms with E-state index in [0.29, 0.717) is 0 Å². The fraction of sp³-hybridized carbons (Fsp3) is 0.538. The fourth-order valence-corrected chi connectivity index (χ4v) is 3.93. The third kappa shape index (κ3) is 5.02. The lowest BCUT2D eigenvalue weighted by molar-refractivity contribution is -0.387. The smallest absolute Gasteiger partial charge is 0.290 e. The Morgan fingerprint density at radius 2 is 2.00 bits per heavy atom. The number of nitrogens with zero attached hydrogens (tertiary/aromatic N) is 1. The maximum absolute atomic E-state index is 12.4. The van der Waals surface area contributed by atoms with E-state index in [2.05, 4.69) is 10.0 Å². The molecule has 1 aliphatic rings. The van der Waals surface area contributed by atoms with Gasteiger partial charge in [-0.05, 0) is 43.5 Å². The molecular weight excluding hydrogens is 365 g/mol. The molecular formula is C13H19Cl2N3O4S. The summed E-state index contributed by atoms with van der Waals surface area (Å²) in [5.74, 6) is 0. The van der Waals surface area contributed by atoms with Gasteiger partial charge in [0.2, 0.25) is 10.0 Å². The Hall–Kier alpha value is -0.930. The molecule has 0 atom stereocenters. The van der Waals surface area contributed by atoms with E-state index in [4.69, 9.17) is 11.6 Å². The van der Waals surface area contributed by atoms with E-state index in [9.17, 15) is 18.5 Å². The second-order valence-electron chi connectivity index (χ2n) is 5.75. The van der Waals surface area contributed by atoms with Gasteiger partial charge in [-0.2, -0.15) is 0 Å². The monoisotopic (exact) mass is 383 g/mol. The molecule has 7 nitrogen and oxygen atoms in total. The van der Waals surface area contributed by atoms with Gasteiger partial charge in [0, 0.05) is 17.6 Å². The standard InChI is InChI=1S/C13H18ClN3O4S.ClH/c1-13(4-6-15-7-5-13)9-16-22(20,21)12-3-2-10(14)8-11(12)17(18)19;/h2-3,8,15-16H,4-7,9H2,1H3;1H. The van der Waals surface area contributed by atoms with Crippen molar-refractivity contribution >= 4 is 39.7 Å². The lowest BCUT2D eigenvalue weighted by Crippen LogP contribution is -2.42. The summed E-state index contributed by atoms with van der Waals surface area (Å²) in [4.78, 5) is 9.93. The zero-order valence-electron chi connectivity index (χ0n) is 12.5. The van der Waals surface area contributed by atoms with Crippen molar-refractivity contribution in [3.8, 4) is 0 Å². The Morgan fingerprint density at radius 1 is 1.39 bits per heavy atom. The highest BCUT2D eigenvalue weighted by atomic mass is 35.5. The molecule has 1 aromatic carbocycles. The molecule has 0 unspecified atom stereocenters. The highest BCUT2D eigenvalue weighted by molar-refractivity contribution is 7.89. The molecule has 2 N–H and O–H groups in total. The number of sulfonamides is 1. The van der Waals surface area contributed by atoms with Crippen LogP contribution in [0.2, 0.25) is 5.02 Å². The van der Waals surface area contributed by atoms with Crippen LogP contribution in [0.4, 0.5) is 5.69 Å². The van der Waals surface area contributed by atoms with E-state index >= 15 is 0 Å². The fourth-order valence-electron chi connectivity index (χ4n) is 2.41. The van der Waals surface area contributed by atoms with E-state index in [-0.39, 0.29) is 34.3 Å². The molecule has 0 bridgehead atoms. The van der Waals surface area contributed by atoms with E-state index < -0.39 is 20.6 Å². The number of hydrogen-bond acceptors (Lipinski definition) is 5. The van der Waals surface area contributed by atoms with Crippen molar-refractivity contribution in [1.29, 1.82) is 0 Å². The quantitative estimate of drug-likeness (QED) is 0.599. The lowest BCUT2D eigenvalue weighted by Gasteiger charge is -2.34. The van der Waals surface area contributed by atoms with Gasteiger partial charge in [0.25, 0.3) is 5.69 Å². The van der Waals surface area contributed by atoms with E-state index in [1.165, 1.54) is 6.07 Å². The topological polar surface area (TPSA) is 101 Å². The van der Waals surface area contributed by atoms with Crippen LogP contribution in [-0.4, -0.2) is 33.0 Å². The molecule has 2 rings (SSSR count). The van der Waals surface area contributed by atoms with Crippen molar-refractivity contribution in [2.75, 3.05) is 19.6 Å². The molecule has 1 heterocycles. The average Bonchev–Trinajstić information content (AvgIpc) is 2.46. The van der Waals surface area contributed by atoms with Crippen LogP contribution >= 0.6 is 24.0 Å². The molecule has 0 aliphatic carbocycles. The minimum Gasteiger partial charge on any atom is -0.317 e. The second kappa shape index (κ2) is 7.76. The van der Waals surface area contributed by atoms with Crippen LogP contribution in [0.15, 0.2) is 23.1 Å². The normalized spacial score (nSPS) is 17.3. The molecule has 0 radical (unpaired) electrons. The zero-order valence-corrected chi connectivity index (χ0v) is 14.9. The van der Waals surface area contributed by atoms with Gasteiger partial charge in [0.05, 0.1) is 4.92 Å². The van der Waals surface area contributed by atoms with E-state index in [0.717, 1.165) is 38.1 Å². The number of piperidine rings is 1. The molecule has 10 heteroatoms. The van der Waals surface area contributed by atoms with Crippen molar-refractivity contribution in [3.05, 3.63) is 33.3 Å². The highest BCUT2D eigenvalue weighted by Crippen LogP contribution is 2.30. The maximum Gasteiger partial charge on any atom is 0.290 e. The van der Waals surface area contributed by atoms with Crippen LogP contribution in [0.1, 0.15) is 19.8 Å².